The fourth-order valence-electron chi connectivity index (χ4n) is 1.83. The number of anilines is 1. The Hall–Kier alpha value is -1.79. The van der Waals surface area contributed by atoms with Crippen LogP contribution in [0.3, 0.4) is 0 Å². The van der Waals surface area contributed by atoms with Crippen molar-refractivity contribution in [2.45, 2.75) is 32.2 Å². The van der Waals surface area contributed by atoms with Crippen LogP contribution in [0.1, 0.15) is 26.2 Å². The Morgan fingerprint density at radius 2 is 2.19 bits per heavy atom. The standard InChI is InChI=1S/C15H24N2O4/c1-11(16)4-3-5-15(19)17-12-6-7-13(20-2)14(10-12)21-9-8-18/h6-7,10-11,18H,3-5,8-9,16H2,1-2H3,(H,17,19). The van der Waals surface area contributed by atoms with Crippen LogP contribution in [0.2, 0.25) is 0 Å². The summed E-state index contributed by atoms with van der Waals surface area (Å²) in [4.78, 5) is 11.8. The van der Waals surface area contributed by atoms with E-state index in [0.717, 1.165) is 12.8 Å². The van der Waals surface area contributed by atoms with Gasteiger partial charge in [0, 0.05) is 24.2 Å². The van der Waals surface area contributed by atoms with Crippen LogP contribution in [0.15, 0.2) is 18.2 Å². The van der Waals surface area contributed by atoms with Crippen molar-refractivity contribution in [1.82, 2.24) is 0 Å². The molecule has 0 fully saturated rings. The van der Waals surface area contributed by atoms with Crippen LogP contribution in [0.25, 0.3) is 0 Å². The Labute approximate surface area is 125 Å². The highest BCUT2D eigenvalue weighted by Crippen LogP contribution is 2.30. The predicted molar refractivity (Wildman–Crippen MR) is 81.7 cm³/mol. The van der Waals surface area contributed by atoms with Crippen LogP contribution in [-0.2, 0) is 4.79 Å². The molecule has 1 unspecified atom stereocenters. The minimum Gasteiger partial charge on any atom is -0.493 e. The number of nitrogens with one attached hydrogen (secondary N) is 1. The van der Waals surface area contributed by atoms with Crippen LogP contribution < -0.4 is 20.5 Å². The highest BCUT2D eigenvalue weighted by molar-refractivity contribution is 5.91. The van der Waals surface area contributed by atoms with Crippen molar-refractivity contribution in [2.75, 3.05) is 25.6 Å². The number of methoxy groups -OCH3 is 1. The molecule has 0 aliphatic rings. The van der Waals surface area contributed by atoms with Gasteiger partial charge in [-0.2, -0.15) is 0 Å². The summed E-state index contributed by atoms with van der Waals surface area (Å²) in [7, 11) is 1.54. The molecule has 0 aliphatic carbocycles. The predicted octanol–water partition coefficient (Wildman–Crippen LogP) is 1.52. The molecular formula is C15H24N2O4. The molecule has 0 radical (unpaired) electrons. The summed E-state index contributed by atoms with van der Waals surface area (Å²) in [6.45, 7) is 2.01. The number of benzene rings is 1. The number of carbonyl (C=O) groups is 1. The molecule has 0 saturated heterocycles. The SMILES string of the molecule is COc1ccc(NC(=O)CCCC(C)N)cc1OCCO. The molecule has 4 N–H and O–H groups in total. The number of amides is 1. The van der Waals surface area contributed by atoms with Gasteiger partial charge in [0.2, 0.25) is 5.91 Å². The monoisotopic (exact) mass is 296 g/mol. The van der Waals surface area contributed by atoms with E-state index in [9.17, 15) is 4.79 Å². The summed E-state index contributed by atoms with van der Waals surface area (Å²) in [5, 5.41) is 11.6. The van der Waals surface area contributed by atoms with Crippen LogP contribution in [0, 0.1) is 0 Å². The number of nitrogens with two attached hydrogens (primary N) is 1. The van der Waals surface area contributed by atoms with Gasteiger partial charge in [-0.3, -0.25) is 4.79 Å². The van der Waals surface area contributed by atoms with Gasteiger partial charge in [0.15, 0.2) is 11.5 Å². The number of hydrogen-bond acceptors (Lipinski definition) is 5. The molecule has 0 bridgehead atoms. The van der Waals surface area contributed by atoms with Gasteiger partial charge in [0.25, 0.3) is 0 Å². The summed E-state index contributed by atoms with van der Waals surface area (Å²) >= 11 is 0. The van der Waals surface area contributed by atoms with Crippen molar-refractivity contribution in [1.29, 1.82) is 0 Å². The minimum absolute atomic E-state index is 0.0612. The van der Waals surface area contributed by atoms with E-state index in [1.54, 1.807) is 18.2 Å². The fraction of sp³-hybridized carbons (Fsp3) is 0.533. The Bertz CT molecular complexity index is 449. The van der Waals surface area contributed by atoms with E-state index in [4.69, 9.17) is 20.3 Å². The van der Waals surface area contributed by atoms with Crippen LogP contribution in [0.4, 0.5) is 5.69 Å². The van der Waals surface area contributed by atoms with E-state index in [1.807, 2.05) is 6.92 Å². The van der Waals surface area contributed by atoms with Crippen molar-refractivity contribution >= 4 is 11.6 Å². The highest BCUT2D eigenvalue weighted by atomic mass is 16.5. The lowest BCUT2D eigenvalue weighted by Gasteiger charge is -2.12. The molecular weight excluding hydrogens is 272 g/mol. The average molecular weight is 296 g/mol. The second-order valence-electron chi connectivity index (χ2n) is 4.86. The quantitative estimate of drug-likeness (QED) is 0.642. The third-order valence-electron chi connectivity index (χ3n) is 2.86. The highest BCUT2D eigenvalue weighted by Gasteiger charge is 2.08. The van der Waals surface area contributed by atoms with E-state index >= 15 is 0 Å². The van der Waals surface area contributed by atoms with Crippen molar-refractivity contribution in [2.24, 2.45) is 5.73 Å². The molecule has 0 saturated carbocycles. The summed E-state index contributed by atoms with van der Waals surface area (Å²) in [6, 6.07) is 5.24. The van der Waals surface area contributed by atoms with E-state index in [1.165, 1.54) is 7.11 Å². The van der Waals surface area contributed by atoms with Gasteiger partial charge in [-0.25, -0.2) is 0 Å². The Morgan fingerprint density at radius 1 is 1.43 bits per heavy atom. The van der Waals surface area contributed by atoms with E-state index in [0.29, 0.717) is 23.6 Å². The number of aliphatic hydroxyl groups excluding tert-OH is 1. The van der Waals surface area contributed by atoms with Gasteiger partial charge in [-0.1, -0.05) is 0 Å². The first-order chi connectivity index (χ1) is 10.1. The minimum atomic E-state index is -0.0863. The number of ether oxygens (including phenoxy) is 2. The molecule has 118 valence electrons. The summed E-state index contributed by atoms with van der Waals surface area (Å²) in [5.74, 6) is 0.979. The molecule has 6 nitrogen and oxygen atoms in total. The van der Waals surface area contributed by atoms with E-state index < -0.39 is 0 Å². The van der Waals surface area contributed by atoms with Gasteiger partial charge >= 0.3 is 0 Å². The topological polar surface area (TPSA) is 93.8 Å². The lowest BCUT2D eigenvalue weighted by atomic mass is 10.1. The Kier molecular flexibility index (Phi) is 7.56. The fourth-order valence-corrected chi connectivity index (χ4v) is 1.83. The van der Waals surface area contributed by atoms with Gasteiger partial charge in [-0.05, 0) is 31.9 Å². The van der Waals surface area contributed by atoms with Gasteiger partial charge in [-0.15, -0.1) is 0 Å². The molecule has 0 spiro atoms. The molecule has 6 heteroatoms. The first-order valence-electron chi connectivity index (χ1n) is 7.04. The van der Waals surface area contributed by atoms with E-state index in [-0.39, 0.29) is 25.2 Å². The van der Waals surface area contributed by atoms with Crippen molar-refractivity contribution in [3.8, 4) is 11.5 Å². The summed E-state index contributed by atoms with van der Waals surface area (Å²) < 4.78 is 10.5. The lowest BCUT2D eigenvalue weighted by molar-refractivity contribution is -0.116. The molecule has 0 heterocycles. The zero-order valence-corrected chi connectivity index (χ0v) is 12.6. The summed E-state index contributed by atoms with van der Waals surface area (Å²) in [5.41, 5.74) is 6.28. The van der Waals surface area contributed by atoms with Gasteiger partial charge < -0.3 is 25.6 Å². The summed E-state index contributed by atoms with van der Waals surface area (Å²) in [6.07, 6.45) is 2.01. The first kappa shape index (κ1) is 17.3. The zero-order chi connectivity index (χ0) is 15.7. The van der Waals surface area contributed by atoms with Crippen LogP contribution in [0.5, 0.6) is 11.5 Å². The number of hydrogen-bond donors (Lipinski definition) is 3. The third-order valence-corrected chi connectivity index (χ3v) is 2.86. The zero-order valence-electron chi connectivity index (χ0n) is 12.6. The molecule has 21 heavy (non-hydrogen) atoms. The molecule has 1 atom stereocenters. The number of aliphatic hydroxyl groups is 1. The maximum absolute atomic E-state index is 11.8. The van der Waals surface area contributed by atoms with Crippen molar-refractivity contribution < 1.29 is 19.4 Å². The van der Waals surface area contributed by atoms with Crippen LogP contribution in [-0.4, -0.2) is 37.4 Å². The Morgan fingerprint density at radius 3 is 2.81 bits per heavy atom. The largest absolute Gasteiger partial charge is 0.493 e. The van der Waals surface area contributed by atoms with Crippen molar-refractivity contribution in [3.63, 3.8) is 0 Å². The normalized spacial score (nSPS) is 11.8. The van der Waals surface area contributed by atoms with Crippen molar-refractivity contribution in [3.05, 3.63) is 18.2 Å². The third kappa shape index (κ3) is 6.46. The Balaban J connectivity index is 2.59. The van der Waals surface area contributed by atoms with Crippen LogP contribution >= 0.6 is 0 Å². The first-order valence-corrected chi connectivity index (χ1v) is 7.04. The second-order valence-corrected chi connectivity index (χ2v) is 4.86. The molecule has 0 aromatic heterocycles. The van der Waals surface area contributed by atoms with E-state index in [2.05, 4.69) is 5.32 Å². The lowest BCUT2D eigenvalue weighted by Crippen LogP contribution is -2.16. The van der Waals surface area contributed by atoms with Gasteiger partial charge in [0.1, 0.15) is 6.61 Å². The number of carbonyl (C=O) groups excluding carboxylic acids is 1. The second kappa shape index (κ2) is 9.20. The maximum atomic E-state index is 11.8. The molecule has 1 aromatic carbocycles. The molecule has 0 aliphatic heterocycles. The smallest absolute Gasteiger partial charge is 0.224 e. The molecule has 1 amide bonds. The average Bonchev–Trinajstić information content (AvgIpc) is 2.44. The molecule has 1 rings (SSSR count). The molecule has 1 aromatic rings. The maximum Gasteiger partial charge on any atom is 0.224 e. The number of rotatable bonds is 9. The van der Waals surface area contributed by atoms with Gasteiger partial charge in [0.05, 0.1) is 13.7 Å².